The second-order valence-electron chi connectivity index (χ2n) is 6.67. The summed E-state index contributed by atoms with van der Waals surface area (Å²) in [6.45, 7) is 25.9. The molecule has 2 nitrogen and oxygen atoms in total. The fourth-order valence-electron chi connectivity index (χ4n) is 2.07. The molecule has 0 saturated heterocycles. The molecule has 0 aromatic carbocycles. The van der Waals surface area contributed by atoms with Crippen LogP contribution in [0.25, 0.3) is 0 Å². The normalized spacial score (nSPS) is 13.4. The van der Waals surface area contributed by atoms with Crippen molar-refractivity contribution in [3.63, 3.8) is 0 Å². The Morgan fingerprint density at radius 1 is 1.04 bits per heavy atom. The van der Waals surface area contributed by atoms with Crippen LogP contribution in [0.4, 0.5) is 0 Å². The van der Waals surface area contributed by atoms with E-state index >= 15 is 0 Å². The van der Waals surface area contributed by atoms with Gasteiger partial charge in [0, 0.05) is 6.04 Å². The number of carbonyl (C=O) groups is 1. The Kier molecular flexibility index (Phi) is 23.2. The maximum absolute atomic E-state index is 12.5. The van der Waals surface area contributed by atoms with Crippen LogP contribution in [0, 0.1) is 11.8 Å². The van der Waals surface area contributed by atoms with Crippen molar-refractivity contribution in [3.05, 3.63) is 72.9 Å². The largest absolute Gasteiger partial charge is 0.353 e. The van der Waals surface area contributed by atoms with Gasteiger partial charge in [0.15, 0.2) is 0 Å². The van der Waals surface area contributed by atoms with Gasteiger partial charge in [-0.3, -0.25) is 4.79 Å². The van der Waals surface area contributed by atoms with Gasteiger partial charge in [0.05, 0.1) is 5.92 Å². The van der Waals surface area contributed by atoms with Gasteiger partial charge in [-0.1, -0.05) is 110 Å². The Bertz CT molecular complexity index is 528. The Labute approximate surface area is 175 Å². The van der Waals surface area contributed by atoms with Crippen molar-refractivity contribution in [1.29, 1.82) is 0 Å². The van der Waals surface area contributed by atoms with E-state index in [1.807, 2.05) is 65.8 Å². The van der Waals surface area contributed by atoms with Crippen molar-refractivity contribution in [2.75, 3.05) is 0 Å². The number of allylic oxidation sites excluding steroid dienone is 8. The first-order chi connectivity index (χ1) is 13.3. The Morgan fingerprint density at radius 3 is 2.00 bits per heavy atom. The zero-order valence-corrected chi connectivity index (χ0v) is 19.9. The highest BCUT2D eigenvalue weighted by molar-refractivity contribution is 5.86. The first kappa shape index (κ1) is 30.6. The molecule has 1 amide bonds. The Hall–Kier alpha value is -2.09. The van der Waals surface area contributed by atoms with E-state index < -0.39 is 0 Å². The van der Waals surface area contributed by atoms with Crippen molar-refractivity contribution < 1.29 is 4.79 Å². The van der Waals surface area contributed by atoms with E-state index in [9.17, 15) is 4.79 Å². The maximum atomic E-state index is 12.5. The lowest BCUT2D eigenvalue weighted by molar-refractivity contribution is -0.123. The second-order valence-corrected chi connectivity index (χ2v) is 6.67. The van der Waals surface area contributed by atoms with E-state index in [-0.39, 0.29) is 17.9 Å². The molecule has 1 unspecified atom stereocenters. The highest BCUT2D eigenvalue weighted by Crippen LogP contribution is 2.25. The first-order valence-corrected chi connectivity index (χ1v) is 10.6. The molecule has 160 valence electrons. The van der Waals surface area contributed by atoms with Gasteiger partial charge in [-0.25, -0.2) is 0 Å². The molecule has 1 aliphatic carbocycles. The lowest BCUT2D eigenvalue weighted by Gasteiger charge is -2.20. The smallest absolute Gasteiger partial charge is 0.232 e. The molecule has 1 atom stereocenters. The van der Waals surface area contributed by atoms with Crippen LogP contribution in [0.5, 0.6) is 0 Å². The molecule has 0 saturated carbocycles. The monoisotopic (exact) mass is 387 g/mol. The number of nitrogens with one attached hydrogen (secondary N) is 1. The van der Waals surface area contributed by atoms with E-state index in [0.717, 1.165) is 23.5 Å². The van der Waals surface area contributed by atoms with Crippen LogP contribution in [-0.4, -0.2) is 11.9 Å². The lowest BCUT2D eigenvalue weighted by Crippen LogP contribution is -2.36. The van der Waals surface area contributed by atoms with Crippen LogP contribution in [-0.2, 0) is 4.79 Å². The Morgan fingerprint density at radius 2 is 1.57 bits per heavy atom. The molecule has 0 aromatic rings. The van der Waals surface area contributed by atoms with E-state index in [1.165, 1.54) is 0 Å². The average Bonchev–Trinajstić information content (AvgIpc) is 2.93. The minimum atomic E-state index is -0.355. The lowest BCUT2D eigenvalue weighted by atomic mass is 9.88. The van der Waals surface area contributed by atoms with Crippen LogP contribution >= 0.6 is 0 Å². The van der Waals surface area contributed by atoms with E-state index in [1.54, 1.807) is 12.2 Å². The van der Waals surface area contributed by atoms with Gasteiger partial charge in [-0.15, -0.1) is 0 Å². The van der Waals surface area contributed by atoms with Crippen LogP contribution in [0.15, 0.2) is 72.9 Å². The summed E-state index contributed by atoms with van der Waals surface area (Å²) in [6, 6.07) is 0.102. The van der Waals surface area contributed by atoms with Crippen molar-refractivity contribution in [2.45, 2.75) is 74.8 Å². The third-order valence-electron chi connectivity index (χ3n) is 2.91. The van der Waals surface area contributed by atoms with Gasteiger partial charge < -0.3 is 5.32 Å². The topological polar surface area (TPSA) is 29.1 Å². The standard InChI is InChI=1S/C18H23NO.C4H10.2C2H6/c1-5-11-15(6-2)17(18(20)19-14(3)4)16-12-9-7-8-10-13-16;1-4(2)3;2*1-2/h5-7,9-14,17H,1-2,8H2,3-4H3,(H,19,20);4H,1-3H3;2*1-2H3/b15-11+;;;. The van der Waals surface area contributed by atoms with Crippen LogP contribution < -0.4 is 5.32 Å². The zero-order valence-electron chi connectivity index (χ0n) is 19.9. The van der Waals surface area contributed by atoms with Gasteiger partial charge in [0.25, 0.3) is 0 Å². The molecule has 0 bridgehead atoms. The molecule has 0 spiro atoms. The molecule has 0 radical (unpaired) electrons. The summed E-state index contributed by atoms with van der Waals surface area (Å²) in [7, 11) is 0. The van der Waals surface area contributed by atoms with Gasteiger partial charge in [0.2, 0.25) is 5.91 Å². The number of hydrogen-bond donors (Lipinski definition) is 1. The number of amides is 1. The number of rotatable bonds is 6. The van der Waals surface area contributed by atoms with Crippen molar-refractivity contribution in [3.8, 4) is 0 Å². The second kappa shape index (κ2) is 21.2. The van der Waals surface area contributed by atoms with Gasteiger partial charge >= 0.3 is 0 Å². The molecule has 1 aliphatic rings. The van der Waals surface area contributed by atoms with Gasteiger partial charge in [-0.05, 0) is 37.3 Å². The highest BCUT2D eigenvalue weighted by Gasteiger charge is 2.24. The summed E-state index contributed by atoms with van der Waals surface area (Å²) in [4.78, 5) is 12.5. The molecule has 1 rings (SSSR count). The fourth-order valence-corrected chi connectivity index (χ4v) is 2.07. The fraction of sp³-hybridized carbons (Fsp3) is 0.500. The minimum Gasteiger partial charge on any atom is -0.353 e. The molecule has 0 aromatic heterocycles. The molecule has 1 N–H and O–H groups in total. The van der Waals surface area contributed by atoms with Crippen molar-refractivity contribution in [2.24, 2.45) is 11.8 Å². The highest BCUT2D eigenvalue weighted by atomic mass is 16.1. The predicted octanol–water partition coefficient (Wildman–Crippen LogP) is 7.58. The predicted molar refractivity (Wildman–Crippen MR) is 129 cm³/mol. The zero-order chi connectivity index (χ0) is 22.5. The van der Waals surface area contributed by atoms with Crippen molar-refractivity contribution in [1.82, 2.24) is 5.32 Å². The quantitative estimate of drug-likeness (QED) is 0.467. The maximum Gasteiger partial charge on any atom is 0.232 e. The molecule has 28 heavy (non-hydrogen) atoms. The molecule has 2 heteroatoms. The number of carbonyl (C=O) groups excluding carboxylic acids is 1. The van der Waals surface area contributed by atoms with Crippen molar-refractivity contribution >= 4 is 5.91 Å². The Balaban J connectivity index is -0.000000675. The summed E-state index contributed by atoms with van der Waals surface area (Å²) in [5, 5.41) is 2.97. The molecule has 0 aliphatic heterocycles. The van der Waals surface area contributed by atoms with Crippen LogP contribution in [0.2, 0.25) is 0 Å². The SMILES string of the molecule is C=C/C=C(\C=C)C(C(=O)NC(C)C)C1=CC=CCC=C1.CC.CC.CC(C)C. The minimum absolute atomic E-state index is 0.0146. The summed E-state index contributed by atoms with van der Waals surface area (Å²) in [6.07, 6.45) is 16.2. The first-order valence-electron chi connectivity index (χ1n) is 10.6. The number of hydrogen-bond acceptors (Lipinski definition) is 1. The van der Waals surface area contributed by atoms with E-state index in [2.05, 4.69) is 51.4 Å². The third kappa shape index (κ3) is 16.1. The van der Waals surface area contributed by atoms with Crippen LogP contribution in [0.1, 0.15) is 68.7 Å². The van der Waals surface area contributed by atoms with Crippen LogP contribution in [0.3, 0.4) is 0 Å². The third-order valence-corrected chi connectivity index (χ3v) is 2.91. The van der Waals surface area contributed by atoms with E-state index in [4.69, 9.17) is 0 Å². The molecular weight excluding hydrogens is 342 g/mol. The summed E-state index contributed by atoms with van der Waals surface area (Å²) in [5.74, 6) is 0.464. The van der Waals surface area contributed by atoms with Gasteiger partial charge in [-0.2, -0.15) is 0 Å². The average molecular weight is 388 g/mol. The molecular formula is C26H45NO. The molecule has 0 heterocycles. The van der Waals surface area contributed by atoms with Gasteiger partial charge in [0.1, 0.15) is 0 Å². The summed E-state index contributed by atoms with van der Waals surface area (Å²) >= 11 is 0. The van der Waals surface area contributed by atoms with E-state index in [0.29, 0.717) is 0 Å². The summed E-state index contributed by atoms with van der Waals surface area (Å²) in [5.41, 5.74) is 1.81. The summed E-state index contributed by atoms with van der Waals surface area (Å²) < 4.78 is 0. The molecule has 0 fully saturated rings.